The van der Waals surface area contributed by atoms with Crippen molar-refractivity contribution in [3.05, 3.63) is 17.5 Å². The number of aryl methyl sites for hydroxylation is 1. The van der Waals surface area contributed by atoms with Gasteiger partial charge in [-0.05, 0) is 38.8 Å². The number of carboxylic acid groups (broad SMARTS) is 1. The van der Waals surface area contributed by atoms with Gasteiger partial charge in [0.05, 0.1) is 11.6 Å². The van der Waals surface area contributed by atoms with E-state index in [-0.39, 0.29) is 5.92 Å². The molecule has 0 spiro atoms. The van der Waals surface area contributed by atoms with Crippen LogP contribution in [0.4, 0.5) is 0 Å². The minimum Gasteiger partial charge on any atom is -0.481 e. The summed E-state index contributed by atoms with van der Waals surface area (Å²) in [5.41, 5.74) is 1.99. The molecule has 1 fully saturated rings. The van der Waals surface area contributed by atoms with Crippen molar-refractivity contribution in [1.29, 1.82) is 0 Å². The number of nitrogens with zero attached hydrogens (tertiary/aromatic N) is 3. The Morgan fingerprint density at radius 2 is 2.21 bits per heavy atom. The standard InChI is InChI=1S/C18H29N3O2S/c1-3-4-5-6-10-24-18-19-14(2)11-16(20-18)13-21-9-7-8-15(12-21)17(22)23/h11,15H,3-10,12-13H2,1-2H3,(H,22,23). The van der Waals surface area contributed by atoms with Crippen LogP contribution >= 0.6 is 11.8 Å². The predicted molar refractivity (Wildman–Crippen MR) is 97.3 cm³/mol. The molecule has 6 heteroatoms. The summed E-state index contributed by atoms with van der Waals surface area (Å²) in [5, 5.41) is 10.1. The van der Waals surface area contributed by atoms with Gasteiger partial charge < -0.3 is 5.11 Å². The number of hydrogen-bond donors (Lipinski definition) is 1. The van der Waals surface area contributed by atoms with Crippen LogP contribution in [0.25, 0.3) is 0 Å². The third kappa shape index (κ3) is 6.40. The van der Waals surface area contributed by atoms with Crippen LogP contribution < -0.4 is 0 Å². The Morgan fingerprint density at radius 3 is 2.96 bits per heavy atom. The molecule has 1 unspecified atom stereocenters. The van der Waals surface area contributed by atoms with Gasteiger partial charge in [-0.1, -0.05) is 37.9 Å². The zero-order valence-corrected chi connectivity index (χ0v) is 15.6. The van der Waals surface area contributed by atoms with Crippen LogP contribution in [0.15, 0.2) is 11.2 Å². The summed E-state index contributed by atoms with van der Waals surface area (Å²) in [6.07, 6.45) is 6.75. The number of aliphatic carboxylic acids is 1. The molecule has 1 saturated heterocycles. The molecule has 0 aliphatic carbocycles. The minimum absolute atomic E-state index is 0.242. The van der Waals surface area contributed by atoms with Gasteiger partial charge in [-0.2, -0.15) is 0 Å². The van der Waals surface area contributed by atoms with Gasteiger partial charge in [-0.3, -0.25) is 9.69 Å². The van der Waals surface area contributed by atoms with E-state index < -0.39 is 5.97 Å². The Bertz CT molecular complexity index is 539. The fourth-order valence-corrected chi connectivity index (χ4v) is 3.99. The number of thioether (sulfide) groups is 1. The second kappa shape index (κ2) is 9.99. The summed E-state index contributed by atoms with van der Waals surface area (Å²) < 4.78 is 0. The van der Waals surface area contributed by atoms with E-state index in [9.17, 15) is 9.90 Å². The van der Waals surface area contributed by atoms with Gasteiger partial charge in [0, 0.05) is 24.5 Å². The molecule has 1 aliphatic rings. The second-order valence-electron chi connectivity index (χ2n) is 6.60. The summed E-state index contributed by atoms with van der Waals surface area (Å²) >= 11 is 1.73. The Hall–Kier alpha value is -1.14. The Kier molecular flexibility index (Phi) is 7.99. The summed E-state index contributed by atoms with van der Waals surface area (Å²) in [5.74, 6) is 0.143. The van der Waals surface area contributed by atoms with E-state index in [0.717, 1.165) is 48.2 Å². The van der Waals surface area contributed by atoms with E-state index in [1.54, 1.807) is 11.8 Å². The van der Waals surface area contributed by atoms with Crippen LogP contribution in [0.2, 0.25) is 0 Å². The molecule has 2 rings (SSSR count). The van der Waals surface area contributed by atoms with Crippen LogP contribution in [-0.2, 0) is 11.3 Å². The SMILES string of the molecule is CCCCCCSc1nc(C)cc(CN2CCCC(C(=O)O)C2)n1. The van der Waals surface area contributed by atoms with Gasteiger partial charge in [-0.15, -0.1) is 0 Å². The molecule has 0 bridgehead atoms. The van der Waals surface area contributed by atoms with Crippen molar-refractivity contribution in [3.8, 4) is 0 Å². The van der Waals surface area contributed by atoms with Crippen molar-refractivity contribution < 1.29 is 9.90 Å². The first-order chi connectivity index (χ1) is 11.6. The van der Waals surface area contributed by atoms with Crippen LogP contribution in [0.3, 0.4) is 0 Å². The second-order valence-corrected chi connectivity index (χ2v) is 7.67. The fraction of sp³-hybridized carbons (Fsp3) is 0.722. The van der Waals surface area contributed by atoms with E-state index >= 15 is 0 Å². The fourth-order valence-electron chi connectivity index (χ4n) is 3.07. The highest BCUT2D eigenvalue weighted by Gasteiger charge is 2.25. The van der Waals surface area contributed by atoms with Gasteiger partial charge in [0.2, 0.25) is 0 Å². The molecule has 0 radical (unpaired) electrons. The number of carboxylic acids is 1. The first-order valence-electron chi connectivity index (χ1n) is 9.01. The molecule has 5 nitrogen and oxygen atoms in total. The van der Waals surface area contributed by atoms with E-state index in [2.05, 4.69) is 21.8 Å². The molecule has 2 heterocycles. The Morgan fingerprint density at radius 1 is 1.38 bits per heavy atom. The van der Waals surface area contributed by atoms with Crippen molar-refractivity contribution in [2.75, 3.05) is 18.8 Å². The molecule has 1 aliphatic heterocycles. The highest BCUT2D eigenvalue weighted by molar-refractivity contribution is 7.99. The minimum atomic E-state index is -0.679. The van der Waals surface area contributed by atoms with Gasteiger partial charge in [0.25, 0.3) is 0 Å². The number of carbonyl (C=O) groups is 1. The number of hydrogen-bond acceptors (Lipinski definition) is 5. The smallest absolute Gasteiger partial charge is 0.307 e. The lowest BCUT2D eigenvalue weighted by Gasteiger charge is -2.30. The maximum Gasteiger partial charge on any atom is 0.307 e. The van der Waals surface area contributed by atoms with Crippen LogP contribution in [0, 0.1) is 12.8 Å². The third-order valence-electron chi connectivity index (χ3n) is 4.36. The average molecular weight is 352 g/mol. The Labute approximate surface area is 149 Å². The van der Waals surface area contributed by atoms with Gasteiger partial charge >= 0.3 is 5.97 Å². The molecule has 0 aromatic carbocycles. The lowest BCUT2D eigenvalue weighted by atomic mass is 9.98. The quantitative estimate of drug-likeness (QED) is 0.415. The monoisotopic (exact) mass is 351 g/mol. The van der Waals surface area contributed by atoms with Crippen molar-refractivity contribution in [3.63, 3.8) is 0 Å². The summed E-state index contributed by atoms with van der Waals surface area (Å²) in [6.45, 7) is 6.52. The molecule has 1 aromatic rings. The summed E-state index contributed by atoms with van der Waals surface area (Å²) in [6, 6.07) is 2.02. The van der Waals surface area contributed by atoms with Crippen LogP contribution in [0.5, 0.6) is 0 Å². The maximum absolute atomic E-state index is 11.2. The van der Waals surface area contributed by atoms with Crippen LogP contribution in [-0.4, -0.2) is 44.8 Å². The van der Waals surface area contributed by atoms with Gasteiger partial charge in [-0.25, -0.2) is 9.97 Å². The first kappa shape index (κ1) is 19.2. The summed E-state index contributed by atoms with van der Waals surface area (Å²) in [7, 11) is 0. The number of likely N-dealkylation sites (tertiary alicyclic amines) is 1. The molecular formula is C18H29N3O2S. The lowest BCUT2D eigenvalue weighted by molar-refractivity contribution is -0.143. The van der Waals surface area contributed by atoms with Gasteiger partial charge in [0.15, 0.2) is 5.16 Å². The predicted octanol–water partition coefficient (Wildman–Crippen LogP) is 3.75. The number of rotatable bonds is 9. The molecule has 0 amide bonds. The lowest BCUT2D eigenvalue weighted by Crippen LogP contribution is -2.38. The van der Waals surface area contributed by atoms with Crippen molar-refractivity contribution in [2.24, 2.45) is 5.92 Å². The molecular weight excluding hydrogens is 322 g/mol. The highest BCUT2D eigenvalue weighted by atomic mass is 32.2. The highest BCUT2D eigenvalue weighted by Crippen LogP contribution is 2.20. The zero-order valence-electron chi connectivity index (χ0n) is 14.8. The summed E-state index contributed by atoms with van der Waals surface area (Å²) in [4.78, 5) is 22.6. The molecule has 1 N–H and O–H groups in total. The molecule has 1 aromatic heterocycles. The van der Waals surface area contributed by atoms with Crippen molar-refractivity contribution >= 4 is 17.7 Å². The van der Waals surface area contributed by atoms with E-state index in [4.69, 9.17) is 0 Å². The van der Waals surface area contributed by atoms with E-state index in [1.807, 2.05) is 13.0 Å². The molecule has 0 saturated carbocycles. The molecule has 1 atom stereocenters. The first-order valence-corrected chi connectivity index (χ1v) is 9.99. The largest absolute Gasteiger partial charge is 0.481 e. The van der Waals surface area contributed by atoms with Gasteiger partial charge in [0.1, 0.15) is 0 Å². The van der Waals surface area contributed by atoms with Crippen molar-refractivity contribution in [2.45, 2.75) is 64.1 Å². The molecule has 24 heavy (non-hydrogen) atoms. The average Bonchev–Trinajstić information content (AvgIpc) is 2.54. The molecule has 134 valence electrons. The van der Waals surface area contributed by atoms with Crippen molar-refractivity contribution in [1.82, 2.24) is 14.9 Å². The zero-order chi connectivity index (χ0) is 17.4. The van der Waals surface area contributed by atoms with Crippen LogP contribution in [0.1, 0.15) is 56.8 Å². The normalized spacial score (nSPS) is 18.7. The topological polar surface area (TPSA) is 66.3 Å². The Balaban J connectivity index is 1.89. The van der Waals surface area contributed by atoms with E-state index in [0.29, 0.717) is 6.54 Å². The number of piperidine rings is 1. The number of aromatic nitrogens is 2. The number of unbranched alkanes of at least 4 members (excludes halogenated alkanes) is 3. The van der Waals surface area contributed by atoms with E-state index in [1.165, 1.54) is 25.7 Å². The maximum atomic E-state index is 11.2. The third-order valence-corrected chi connectivity index (χ3v) is 5.29.